The Hall–Kier alpha value is -1.61. The summed E-state index contributed by atoms with van der Waals surface area (Å²) in [5, 5.41) is 3.98. The van der Waals surface area contributed by atoms with Gasteiger partial charge in [0, 0.05) is 16.8 Å². The first kappa shape index (κ1) is 13.8. The molecule has 0 fully saturated rings. The molecular formula is C15H17ClN2O. The van der Waals surface area contributed by atoms with Crippen molar-refractivity contribution in [2.45, 2.75) is 25.8 Å². The predicted octanol–water partition coefficient (Wildman–Crippen LogP) is 3.37. The number of para-hydroxylation sites is 1. The first-order valence-electron chi connectivity index (χ1n) is 6.26. The van der Waals surface area contributed by atoms with Gasteiger partial charge in [0.05, 0.1) is 5.52 Å². The molecule has 100 valence electrons. The molecule has 0 aliphatic heterocycles. The van der Waals surface area contributed by atoms with E-state index in [1.807, 2.05) is 44.2 Å². The number of fused-ring (bicyclic) bond motifs is 1. The normalized spacial score (nSPS) is 11.5. The van der Waals surface area contributed by atoms with Crippen molar-refractivity contribution in [3.63, 3.8) is 0 Å². The van der Waals surface area contributed by atoms with Gasteiger partial charge in [-0.1, -0.05) is 24.3 Å². The maximum absolute atomic E-state index is 12.2. The third-order valence-corrected chi connectivity index (χ3v) is 3.19. The van der Waals surface area contributed by atoms with E-state index < -0.39 is 0 Å². The molecule has 0 aliphatic rings. The van der Waals surface area contributed by atoms with Gasteiger partial charge in [-0.25, -0.2) is 4.98 Å². The van der Waals surface area contributed by atoms with Crippen LogP contribution >= 0.6 is 11.6 Å². The van der Waals surface area contributed by atoms with Crippen LogP contribution in [0.15, 0.2) is 36.4 Å². The number of benzene rings is 1. The van der Waals surface area contributed by atoms with Crippen molar-refractivity contribution < 1.29 is 4.79 Å². The molecule has 1 aromatic carbocycles. The van der Waals surface area contributed by atoms with E-state index in [0.29, 0.717) is 18.0 Å². The summed E-state index contributed by atoms with van der Waals surface area (Å²) in [5.41, 5.74) is 0.929. The quantitative estimate of drug-likeness (QED) is 0.870. The summed E-state index contributed by atoms with van der Waals surface area (Å²) in [7, 11) is 0. The Kier molecular flexibility index (Phi) is 4.05. The molecule has 2 aromatic rings. The summed E-state index contributed by atoms with van der Waals surface area (Å²) in [5.74, 6) is 0.346. The molecule has 1 amide bonds. The van der Waals surface area contributed by atoms with Crippen LogP contribution in [0.25, 0.3) is 10.9 Å². The van der Waals surface area contributed by atoms with Gasteiger partial charge in [0.1, 0.15) is 5.69 Å². The van der Waals surface area contributed by atoms with Gasteiger partial charge in [0.2, 0.25) is 0 Å². The summed E-state index contributed by atoms with van der Waals surface area (Å²) in [4.78, 5) is 16.5. The van der Waals surface area contributed by atoms with Crippen LogP contribution in [0, 0.1) is 0 Å². The van der Waals surface area contributed by atoms with Crippen LogP contribution in [0.5, 0.6) is 0 Å². The van der Waals surface area contributed by atoms with E-state index in [4.69, 9.17) is 11.6 Å². The summed E-state index contributed by atoms with van der Waals surface area (Å²) < 4.78 is 0. The number of aromatic nitrogens is 1. The fraction of sp³-hybridized carbons (Fsp3) is 0.333. The van der Waals surface area contributed by atoms with Crippen molar-refractivity contribution in [3.05, 3.63) is 42.1 Å². The van der Waals surface area contributed by atoms with E-state index >= 15 is 0 Å². The molecule has 1 heterocycles. The number of halogens is 1. The average molecular weight is 277 g/mol. The van der Waals surface area contributed by atoms with Crippen LogP contribution in [0.4, 0.5) is 0 Å². The Labute approximate surface area is 118 Å². The van der Waals surface area contributed by atoms with E-state index in [0.717, 1.165) is 10.9 Å². The maximum atomic E-state index is 12.2. The lowest BCUT2D eigenvalue weighted by atomic mass is 10.0. The topological polar surface area (TPSA) is 42.0 Å². The number of pyridine rings is 1. The summed E-state index contributed by atoms with van der Waals surface area (Å²) in [6.07, 6.45) is 0.716. The zero-order valence-electron chi connectivity index (χ0n) is 11.1. The van der Waals surface area contributed by atoms with Gasteiger partial charge in [-0.3, -0.25) is 4.79 Å². The zero-order valence-corrected chi connectivity index (χ0v) is 11.9. The molecule has 1 aromatic heterocycles. The molecule has 0 aliphatic carbocycles. The van der Waals surface area contributed by atoms with Gasteiger partial charge >= 0.3 is 0 Å². The van der Waals surface area contributed by atoms with E-state index in [9.17, 15) is 4.79 Å². The predicted molar refractivity (Wildman–Crippen MR) is 78.6 cm³/mol. The Balaban J connectivity index is 2.22. The fourth-order valence-electron chi connectivity index (χ4n) is 1.86. The Morgan fingerprint density at radius 1 is 1.26 bits per heavy atom. The lowest BCUT2D eigenvalue weighted by Crippen LogP contribution is -2.44. The fourth-order valence-corrected chi connectivity index (χ4v) is 2.34. The molecule has 4 heteroatoms. The van der Waals surface area contributed by atoms with E-state index in [-0.39, 0.29) is 11.4 Å². The van der Waals surface area contributed by atoms with Crippen LogP contribution in [-0.4, -0.2) is 22.3 Å². The van der Waals surface area contributed by atoms with Gasteiger partial charge in [0.25, 0.3) is 5.91 Å². The molecule has 0 atom stereocenters. The molecule has 0 bridgehead atoms. The van der Waals surface area contributed by atoms with Gasteiger partial charge < -0.3 is 5.32 Å². The van der Waals surface area contributed by atoms with Crippen LogP contribution in [0.1, 0.15) is 30.8 Å². The molecule has 2 rings (SSSR count). The van der Waals surface area contributed by atoms with Gasteiger partial charge in [0.15, 0.2) is 0 Å². The Morgan fingerprint density at radius 3 is 2.74 bits per heavy atom. The van der Waals surface area contributed by atoms with Crippen molar-refractivity contribution >= 4 is 28.4 Å². The third kappa shape index (κ3) is 3.44. The smallest absolute Gasteiger partial charge is 0.270 e. The van der Waals surface area contributed by atoms with Gasteiger partial charge in [-0.15, -0.1) is 11.6 Å². The van der Waals surface area contributed by atoms with E-state index in [1.165, 1.54) is 0 Å². The lowest BCUT2D eigenvalue weighted by Gasteiger charge is -2.25. The minimum atomic E-state index is -0.327. The van der Waals surface area contributed by atoms with E-state index in [2.05, 4.69) is 10.3 Å². The van der Waals surface area contributed by atoms with Crippen LogP contribution < -0.4 is 5.32 Å². The van der Waals surface area contributed by atoms with E-state index in [1.54, 1.807) is 6.07 Å². The number of carbonyl (C=O) groups is 1. The van der Waals surface area contributed by atoms with Crippen molar-refractivity contribution in [3.8, 4) is 0 Å². The van der Waals surface area contributed by atoms with Crippen molar-refractivity contribution in [2.24, 2.45) is 0 Å². The number of nitrogens with zero attached hydrogens (tertiary/aromatic N) is 1. The Morgan fingerprint density at radius 2 is 2.00 bits per heavy atom. The summed E-state index contributed by atoms with van der Waals surface area (Å²) >= 11 is 5.73. The molecule has 0 saturated heterocycles. The molecule has 3 nitrogen and oxygen atoms in total. The molecule has 0 unspecified atom stereocenters. The highest BCUT2D eigenvalue weighted by atomic mass is 35.5. The average Bonchev–Trinajstić information content (AvgIpc) is 2.37. The third-order valence-electron chi connectivity index (χ3n) is 3.00. The first-order chi connectivity index (χ1) is 9.02. The number of carbonyl (C=O) groups excluding carboxylic acids is 1. The highest BCUT2D eigenvalue weighted by Crippen LogP contribution is 2.14. The summed E-state index contributed by atoms with van der Waals surface area (Å²) in [6.45, 7) is 3.91. The number of hydrogen-bond acceptors (Lipinski definition) is 2. The van der Waals surface area contributed by atoms with Crippen LogP contribution in [0.2, 0.25) is 0 Å². The van der Waals surface area contributed by atoms with Gasteiger partial charge in [-0.05, 0) is 32.4 Å². The zero-order chi connectivity index (χ0) is 13.9. The highest BCUT2D eigenvalue weighted by molar-refractivity contribution is 6.17. The minimum absolute atomic E-state index is 0.166. The molecule has 19 heavy (non-hydrogen) atoms. The Bertz CT molecular complexity index is 595. The number of rotatable bonds is 4. The van der Waals surface area contributed by atoms with Crippen molar-refractivity contribution in [1.29, 1.82) is 0 Å². The monoisotopic (exact) mass is 276 g/mol. The molecular weight excluding hydrogens is 260 g/mol. The van der Waals surface area contributed by atoms with Crippen LogP contribution in [0.3, 0.4) is 0 Å². The van der Waals surface area contributed by atoms with Crippen molar-refractivity contribution in [1.82, 2.24) is 10.3 Å². The number of hydrogen-bond donors (Lipinski definition) is 1. The second-order valence-corrected chi connectivity index (χ2v) is 5.54. The first-order valence-corrected chi connectivity index (χ1v) is 6.79. The number of nitrogens with one attached hydrogen (secondary N) is 1. The SMILES string of the molecule is CC(C)(CCCl)NC(=O)c1ccc2ccccc2n1. The largest absolute Gasteiger partial charge is 0.346 e. The molecule has 0 radical (unpaired) electrons. The molecule has 0 spiro atoms. The highest BCUT2D eigenvalue weighted by Gasteiger charge is 2.21. The van der Waals surface area contributed by atoms with Crippen molar-refractivity contribution in [2.75, 3.05) is 5.88 Å². The maximum Gasteiger partial charge on any atom is 0.270 e. The molecule has 1 N–H and O–H groups in total. The summed E-state index contributed by atoms with van der Waals surface area (Å²) in [6, 6.07) is 11.4. The minimum Gasteiger partial charge on any atom is -0.346 e. The number of alkyl halides is 1. The molecule has 0 saturated carbocycles. The second-order valence-electron chi connectivity index (χ2n) is 5.17. The van der Waals surface area contributed by atoms with Gasteiger partial charge in [-0.2, -0.15) is 0 Å². The standard InChI is InChI=1S/C15H17ClN2O/c1-15(2,9-10-16)18-14(19)13-8-7-11-5-3-4-6-12(11)17-13/h3-8H,9-10H2,1-2H3,(H,18,19). The lowest BCUT2D eigenvalue weighted by molar-refractivity contribution is 0.0907. The number of amides is 1. The second kappa shape index (κ2) is 5.57. The van der Waals surface area contributed by atoms with Crippen LogP contribution in [-0.2, 0) is 0 Å².